The summed E-state index contributed by atoms with van der Waals surface area (Å²) in [7, 11) is 0. The maximum Gasteiger partial charge on any atom is 0.314 e. The SMILES string of the molecule is O=C1NC2(Oc3ccccc3C3CC(c4ccccc4)=NN32)C(=Cc2cccnc2)S1. The monoisotopic (exact) mass is 426 g/mol. The largest absolute Gasteiger partial charge is 0.444 e. The highest BCUT2D eigenvalue weighted by Crippen LogP contribution is 2.52. The minimum Gasteiger partial charge on any atom is -0.444 e. The van der Waals surface area contributed by atoms with Crippen molar-refractivity contribution in [2.24, 2.45) is 5.10 Å². The molecule has 2 unspecified atom stereocenters. The lowest BCUT2D eigenvalue weighted by molar-refractivity contribution is -0.0949. The van der Waals surface area contributed by atoms with Crippen LogP contribution in [0.25, 0.3) is 6.08 Å². The molecule has 1 aromatic heterocycles. The van der Waals surface area contributed by atoms with Crippen LogP contribution >= 0.6 is 11.8 Å². The second kappa shape index (κ2) is 6.99. The molecule has 1 saturated heterocycles. The van der Waals surface area contributed by atoms with Crippen LogP contribution in [-0.4, -0.2) is 26.8 Å². The predicted molar refractivity (Wildman–Crippen MR) is 120 cm³/mol. The van der Waals surface area contributed by atoms with Gasteiger partial charge in [0.25, 0.3) is 5.24 Å². The fourth-order valence-corrected chi connectivity index (χ4v) is 5.19. The van der Waals surface area contributed by atoms with Gasteiger partial charge < -0.3 is 4.74 Å². The number of benzene rings is 2. The smallest absolute Gasteiger partial charge is 0.314 e. The number of carbonyl (C=O) groups excluding carboxylic acids is 1. The summed E-state index contributed by atoms with van der Waals surface area (Å²) in [6.07, 6.45) is 6.16. The van der Waals surface area contributed by atoms with Gasteiger partial charge in [-0.05, 0) is 41.1 Å². The van der Waals surface area contributed by atoms with E-state index in [2.05, 4.69) is 28.5 Å². The minimum absolute atomic E-state index is 0.0449. The number of aromatic nitrogens is 1. The van der Waals surface area contributed by atoms with Gasteiger partial charge in [-0.3, -0.25) is 15.1 Å². The summed E-state index contributed by atoms with van der Waals surface area (Å²) in [5, 5.41) is 9.78. The number of nitrogens with one attached hydrogen (secondary N) is 1. The van der Waals surface area contributed by atoms with E-state index in [0.29, 0.717) is 0 Å². The summed E-state index contributed by atoms with van der Waals surface area (Å²) < 4.78 is 6.51. The van der Waals surface area contributed by atoms with Crippen LogP contribution in [0, 0.1) is 0 Å². The number of hydrogen-bond acceptors (Lipinski definition) is 6. The van der Waals surface area contributed by atoms with Crippen molar-refractivity contribution in [3.63, 3.8) is 0 Å². The molecular weight excluding hydrogens is 408 g/mol. The molecule has 2 aromatic carbocycles. The van der Waals surface area contributed by atoms with Gasteiger partial charge >= 0.3 is 5.85 Å². The van der Waals surface area contributed by atoms with E-state index in [1.807, 2.05) is 59.6 Å². The molecular formula is C24H18N4O2S. The lowest BCUT2D eigenvalue weighted by Crippen LogP contribution is -2.61. The van der Waals surface area contributed by atoms with Crippen molar-refractivity contribution in [3.8, 4) is 5.75 Å². The number of nitrogens with zero attached hydrogens (tertiary/aromatic N) is 3. The molecule has 31 heavy (non-hydrogen) atoms. The fraction of sp³-hybridized carbons (Fsp3) is 0.125. The molecule has 1 fully saturated rings. The topological polar surface area (TPSA) is 66.8 Å². The highest BCUT2D eigenvalue weighted by Gasteiger charge is 2.58. The molecule has 2 atom stereocenters. The van der Waals surface area contributed by atoms with E-state index >= 15 is 0 Å². The molecule has 1 spiro atoms. The van der Waals surface area contributed by atoms with Crippen molar-refractivity contribution < 1.29 is 9.53 Å². The van der Waals surface area contributed by atoms with E-state index in [9.17, 15) is 4.79 Å². The van der Waals surface area contributed by atoms with Crippen molar-refractivity contribution in [1.82, 2.24) is 15.3 Å². The van der Waals surface area contributed by atoms with Gasteiger partial charge in [-0.15, -0.1) is 0 Å². The van der Waals surface area contributed by atoms with Crippen LogP contribution in [0.15, 0.2) is 89.1 Å². The zero-order chi connectivity index (χ0) is 20.8. The van der Waals surface area contributed by atoms with Gasteiger partial charge in [-0.2, -0.15) is 5.10 Å². The summed E-state index contributed by atoms with van der Waals surface area (Å²) in [6.45, 7) is 0. The van der Waals surface area contributed by atoms with Crippen molar-refractivity contribution in [2.45, 2.75) is 18.3 Å². The van der Waals surface area contributed by atoms with E-state index in [4.69, 9.17) is 9.84 Å². The molecule has 4 heterocycles. The van der Waals surface area contributed by atoms with Crippen LogP contribution in [0.3, 0.4) is 0 Å². The summed E-state index contributed by atoms with van der Waals surface area (Å²) in [5.41, 5.74) is 4.00. The van der Waals surface area contributed by atoms with Crippen LogP contribution in [0.1, 0.15) is 29.2 Å². The van der Waals surface area contributed by atoms with Gasteiger partial charge in [0.05, 0.1) is 16.7 Å². The highest BCUT2D eigenvalue weighted by molar-refractivity contribution is 8.17. The highest BCUT2D eigenvalue weighted by atomic mass is 32.2. The Hall–Kier alpha value is -3.58. The number of rotatable bonds is 2. The van der Waals surface area contributed by atoms with E-state index in [0.717, 1.165) is 51.2 Å². The molecule has 3 aliphatic heterocycles. The van der Waals surface area contributed by atoms with E-state index in [1.165, 1.54) is 0 Å². The van der Waals surface area contributed by atoms with Crippen LogP contribution < -0.4 is 10.1 Å². The molecule has 0 radical (unpaired) electrons. The average Bonchev–Trinajstić information content (AvgIpc) is 3.38. The zero-order valence-electron chi connectivity index (χ0n) is 16.4. The van der Waals surface area contributed by atoms with Crippen molar-refractivity contribution in [3.05, 3.63) is 101 Å². The minimum atomic E-state index is -1.19. The molecule has 152 valence electrons. The van der Waals surface area contributed by atoms with Crippen LogP contribution in [0.2, 0.25) is 0 Å². The molecule has 6 rings (SSSR count). The Morgan fingerprint density at radius 1 is 1.10 bits per heavy atom. The molecule has 0 aliphatic carbocycles. The van der Waals surface area contributed by atoms with Gasteiger partial charge in [-0.25, -0.2) is 5.01 Å². The number of para-hydroxylation sites is 1. The second-order valence-corrected chi connectivity index (χ2v) is 8.59. The third-order valence-corrected chi connectivity index (χ3v) is 6.57. The Kier molecular flexibility index (Phi) is 4.11. The quantitative estimate of drug-likeness (QED) is 0.639. The second-order valence-electron chi connectivity index (χ2n) is 7.57. The maximum atomic E-state index is 12.6. The summed E-state index contributed by atoms with van der Waals surface area (Å²) >= 11 is 1.13. The molecule has 0 saturated carbocycles. The van der Waals surface area contributed by atoms with Crippen molar-refractivity contribution in [2.75, 3.05) is 0 Å². The van der Waals surface area contributed by atoms with Gasteiger partial charge in [0.15, 0.2) is 0 Å². The van der Waals surface area contributed by atoms with Gasteiger partial charge in [0.1, 0.15) is 5.75 Å². The Bertz CT molecular complexity index is 1230. The standard InChI is InChI=1S/C24H18N4O2S/c29-23-26-24(22(31-23)13-16-7-6-12-25-15-16)28-20(18-10-4-5-11-21(18)30-24)14-19(27-28)17-8-2-1-3-9-17/h1-13,15,20H,14H2,(H,26,29). The van der Waals surface area contributed by atoms with Gasteiger partial charge in [0, 0.05) is 24.4 Å². The molecule has 1 N–H and O–H groups in total. The van der Waals surface area contributed by atoms with Gasteiger partial charge in [-0.1, -0.05) is 54.6 Å². The number of thioether (sulfide) groups is 1. The number of hydrazone groups is 1. The van der Waals surface area contributed by atoms with E-state index in [-0.39, 0.29) is 11.3 Å². The molecule has 7 heteroatoms. The molecule has 0 bridgehead atoms. The first-order chi connectivity index (χ1) is 15.2. The summed E-state index contributed by atoms with van der Waals surface area (Å²) in [5.74, 6) is -0.430. The zero-order valence-corrected chi connectivity index (χ0v) is 17.3. The number of fused-ring (bicyclic) bond motifs is 4. The number of pyridine rings is 1. The first-order valence-electron chi connectivity index (χ1n) is 10.1. The third-order valence-electron chi connectivity index (χ3n) is 5.67. The van der Waals surface area contributed by atoms with E-state index < -0.39 is 5.85 Å². The number of hydrogen-bond donors (Lipinski definition) is 1. The van der Waals surface area contributed by atoms with Crippen molar-refractivity contribution >= 4 is 28.8 Å². The Balaban J connectivity index is 1.52. The molecule has 6 nitrogen and oxygen atoms in total. The first kappa shape index (κ1) is 18.2. The Labute approximate surface area is 183 Å². The van der Waals surface area contributed by atoms with E-state index in [1.54, 1.807) is 12.4 Å². The third kappa shape index (κ3) is 2.92. The molecule has 1 amide bonds. The van der Waals surface area contributed by atoms with Crippen molar-refractivity contribution in [1.29, 1.82) is 0 Å². The average molecular weight is 427 g/mol. The summed E-state index contributed by atoms with van der Waals surface area (Å²) in [4.78, 5) is 17.5. The normalized spacial score (nSPS) is 25.1. The fourth-order valence-electron chi connectivity index (χ4n) is 4.28. The van der Waals surface area contributed by atoms with Crippen LogP contribution in [0.4, 0.5) is 4.79 Å². The van der Waals surface area contributed by atoms with Gasteiger partial charge in [0.2, 0.25) is 0 Å². The Morgan fingerprint density at radius 3 is 2.77 bits per heavy atom. The molecule has 3 aliphatic rings. The van der Waals surface area contributed by atoms with Crippen LogP contribution in [-0.2, 0) is 0 Å². The number of ether oxygens (including phenoxy) is 1. The maximum absolute atomic E-state index is 12.6. The lowest BCUT2D eigenvalue weighted by atomic mass is 9.96. The summed E-state index contributed by atoms with van der Waals surface area (Å²) in [6, 6.07) is 21.9. The van der Waals surface area contributed by atoms with Crippen LogP contribution in [0.5, 0.6) is 5.75 Å². The number of amides is 1. The predicted octanol–water partition coefficient (Wildman–Crippen LogP) is 4.78. The molecule has 3 aromatic rings. The Morgan fingerprint density at radius 2 is 1.94 bits per heavy atom. The number of carbonyl (C=O) groups is 1. The lowest BCUT2D eigenvalue weighted by Gasteiger charge is -2.45. The first-order valence-corrected chi connectivity index (χ1v) is 10.9.